The molecule has 2 aromatic carbocycles. The van der Waals surface area contributed by atoms with E-state index >= 15 is 0 Å². The summed E-state index contributed by atoms with van der Waals surface area (Å²) in [4.78, 5) is 12.9. The van der Waals surface area contributed by atoms with Crippen LogP contribution in [0.1, 0.15) is 29.3 Å². The molecule has 0 saturated heterocycles. The van der Waals surface area contributed by atoms with Crippen molar-refractivity contribution < 1.29 is 18.3 Å². The minimum Gasteiger partial charge on any atom is -0.482 e. The maximum atomic E-state index is 13.2. The molecular formula is C22H18ClFN2O3. The molecule has 2 heterocycles. The van der Waals surface area contributed by atoms with Crippen molar-refractivity contribution in [1.82, 2.24) is 5.01 Å². The van der Waals surface area contributed by atoms with E-state index in [9.17, 15) is 9.18 Å². The first-order chi connectivity index (χ1) is 14.0. The van der Waals surface area contributed by atoms with Gasteiger partial charge < -0.3 is 9.15 Å². The third-order valence-corrected chi connectivity index (χ3v) is 4.96. The number of nitrogens with zero attached hydrogens (tertiary/aromatic N) is 2. The number of benzene rings is 2. The highest BCUT2D eigenvalue weighted by Crippen LogP contribution is 2.33. The van der Waals surface area contributed by atoms with Gasteiger partial charge in [0.05, 0.1) is 17.0 Å². The van der Waals surface area contributed by atoms with E-state index in [0.29, 0.717) is 12.2 Å². The quantitative estimate of drug-likeness (QED) is 0.583. The number of halogens is 2. The molecule has 148 valence electrons. The number of amides is 1. The predicted molar refractivity (Wildman–Crippen MR) is 108 cm³/mol. The Bertz CT molecular complexity index is 1050. The van der Waals surface area contributed by atoms with E-state index in [1.54, 1.807) is 12.3 Å². The molecule has 0 aliphatic carbocycles. The molecule has 0 N–H and O–H groups in total. The molecule has 29 heavy (non-hydrogen) atoms. The van der Waals surface area contributed by atoms with Gasteiger partial charge in [0.2, 0.25) is 0 Å². The van der Waals surface area contributed by atoms with Crippen LogP contribution in [-0.2, 0) is 4.79 Å². The Morgan fingerprint density at radius 3 is 2.76 bits per heavy atom. The maximum absolute atomic E-state index is 13.2. The normalized spacial score (nSPS) is 16.0. The summed E-state index contributed by atoms with van der Waals surface area (Å²) in [6.07, 6.45) is 2.09. The van der Waals surface area contributed by atoms with Gasteiger partial charge in [0.1, 0.15) is 23.4 Å². The first-order valence-electron chi connectivity index (χ1n) is 9.09. The van der Waals surface area contributed by atoms with E-state index in [1.807, 2.05) is 37.3 Å². The second-order valence-electron chi connectivity index (χ2n) is 6.75. The van der Waals surface area contributed by atoms with Crippen molar-refractivity contribution in [3.05, 3.63) is 88.6 Å². The van der Waals surface area contributed by atoms with Gasteiger partial charge in [0, 0.05) is 6.42 Å². The second kappa shape index (κ2) is 8.09. The number of hydrogen-bond donors (Lipinski definition) is 0. The van der Waals surface area contributed by atoms with Crippen LogP contribution in [0.15, 0.2) is 70.4 Å². The zero-order chi connectivity index (χ0) is 20.4. The van der Waals surface area contributed by atoms with Gasteiger partial charge >= 0.3 is 0 Å². The van der Waals surface area contributed by atoms with Crippen LogP contribution in [0.4, 0.5) is 4.39 Å². The van der Waals surface area contributed by atoms with Crippen molar-refractivity contribution in [2.24, 2.45) is 5.10 Å². The van der Waals surface area contributed by atoms with Crippen LogP contribution >= 0.6 is 11.6 Å². The van der Waals surface area contributed by atoms with Gasteiger partial charge in [-0.1, -0.05) is 41.4 Å². The van der Waals surface area contributed by atoms with Gasteiger partial charge in [-0.2, -0.15) is 5.10 Å². The van der Waals surface area contributed by atoms with Gasteiger partial charge in [-0.25, -0.2) is 9.40 Å². The smallest absolute Gasteiger partial charge is 0.281 e. The molecule has 1 aliphatic heterocycles. The Morgan fingerprint density at radius 2 is 2.07 bits per heavy atom. The lowest BCUT2D eigenvalue weighted by Crippen LogP contribution is -2.31. The summed E-state index contributed by atoms with van der Waals surface area (Å²) < 4.78 is 24.2. The molecule has 1 atom stereocenters. The van der Waals surface area contributed by atoms with E-state index in [0.717, 1.165) is 22.9 Å². The largest absolute Gasteiger partial charge is 0.482 e. The number of aryl methyl sites for hydroxylation is 1. The van der Waals surface area contributed by atoms with Crippen LogP contribution in [0.5, 0.6) is 5.75 Å². The standard InChI is InChI=1S/C22H18ClFN2O3/c1-14-4-6-15(7-5-14)18-12-19(21-3-2-10-28-21)26(25-18)22(27)13-29-20-9-8-16(24)11-17(20)23/h2-11,19H,12-13H2,1H3/t19-/m0/s1. The number of rotatable bonds is 5. The zero-order valence-electron chi connectivity index (χ0n) is 15.6. The average molecular weight is 413 g/mol. The van der Waals surface area contributed by atoms with Crippen molar-refractivity contribution in [2.45, 2.75) is 19.4 Å². The molecule has 5 nitrogen and oxygen atoms in total. The van der Waals surface area contributed by atoms with Gasteiger partial charge in [-0.15, -0.1) is 0 Å². The molecule has 0 bridgehead atoms. The first-order valence-corrected chi connectivity index (χ1v) is 9.47. The third-order valence-electron chi connectivity index (χ3n) is 4.67. The lowest BCUT2D eigenvalue weighted by molar-refractivity contribution is -0.135. The topological polar surface area (TPSA) is 55.0 Å². The van der Waals surface area contributed by atoms with Crippen LogP contribution in [0.25, 0.3) is 0 Å². The Balaban J connectivity index is 1.55. The number of carbonyl (C=O) groups is 1. The van der Waals surface area contributed by atoms with Gasteiger partial charge in [-0.3, -0.25) is 4.79 Å². The van der Waals surface area contributed by atoms with E-state index in [-0.39, 0.29) is 29.3 Å². The third kappa shape index (κ3) is 4.17. The summed E-state index contributed by atoms with van der Waals surface area (Å²) >= 11 is 5.97. The van der Waals surface area contributed by atoms with Crippen molar-refractivity contribution in [3.8, 4) is 5.75 Å². The van der Waals surface area contributed by atoms with E-state index in [4.69, 9.17) is 20.8 Å². The second-order valence-corrected chi connectivity index (χ2v) is 7.16. The molecule has 0 unspecified atom stereocenters. The zero-order valence-corrected chi connectivity index (χ0v) is 16.4. The molecule has 0 fully saturated rings. The highest BCUT2D eigenvalue weighted by Gasteiger charge is 2.35. The fraction of sp³-hybridized carbons (Fsp3) is 0.182. The molecule has 1 amide bonds. The van der Waals surface area contributed by atoms with Crippen molar-refractivity contribution >= 4 is 23.2 Å². The van der Waals surface area contributed by atoms with Crippen LogP contribution in [0.2, 0.25) is 5.02 Å². The van der Waals surface area contributed by atoms with Crippen LogP contribution in [-0.4, -0.2) is 23.2 Å². The summed E-state index contributed by atoms with van der Waals surface area (Å²) in [5.41, 5.74) is 2.89. The van der Waals surface area contributed by atoms with E-state index < -0.39 is 5.82 Å². The number of furan rings is 1. The number of hydrogen-bond acceptors (Lipinski definition) is 4. The summed E-state index contributed by atoms with van der Waals surface area (Å²) in [6, 6.07) is 14.9. The Morgan fingerprint density at radius 1 is 1.28 bits per heavy atom. The van der Waals surface area contributed by atoms with Crippen LogP contribution in [0.3, 0.4) is 0 Å². The van der Waals surface area contributed by atoms with Crippen molar-refractivity contribution in [3.63, 3.8) is 0 Å². The summed E-state index contributed by atoms with van der Waals surface area (Å²) in [5.74, 6) is 0.0503. The van der Waals surface area contributed by atoms with Crippen molar-refractivity contribution in [1.29, 1.82) is 0 Å². The molecule has 4 rings (SSSR count). The Labute approximate surface area is 172 Å². The average Bonchev–Trinajstić information content (AvgIpc) is 3.37. The van der Waals surface area contributed by atoms with Crippen molar-refractivity contribution in [2.75, 3.05) is 6.61 Å². The predicted octanol–water partition coefficient (Wildman–Crippen LogP) is 5.14. The number of ether oxygens (including phenoxy) is 1. The summed E-state index contributed by atoms with van der Waals surface area (Å²) in [6.45, 7) is 1.73. The molecule has 1 aliphatic rings. The molecule has 7 heteroatoms. The fourth-order valence-corrected chi connectivity index (χ4v) is 3.38. The lowest BCUT2D eigenvalue weighted by Gasteiger charge is -2.20. The molecule has 0 spiro atoms. The van der Waals surface area contributed by atoms with Gasteiger partial charge in [-0.05, 0) is 42.8 Å². The molecule has 0 saturated carbocycles. The molecule has 0 radical (unpaired) electrons. The van der Waals surface area contributed by atoms with E-state index in [2.05, 4.69) is 5.10 Å². The maximum Gasteiger partial charge on any atom is 0.281 e. The highest BCUT2D eigenvalue weighted by molar-refractivity contribution is 6.32. The van der Waals surface area contributed by atoms with Gasteiger partial charge in [0.15, 0.2) is 6.61 Å². The molecule has 3 aromatic rings. The number of hydrazone groups is 1. The molecular weight excluding hydrogens is 395 g/mol. The van der Waals surface area contributed by atoms with Crippen LogP contribution < -0.4 is 4.74 Å². The SMILES string of the molecule is Cc1ccc(C2=NN(C(=O)COc3ccc(F)cc3Cl)[C@H](c3ccco3)C2)cc1. The Kier molecular flexibility index (Phi) is 5.36. The van der Waals surface area contributed by atoms with Gasteiger partial charge in [0.25, 0.3) is 5.91 Å². The minimum atomic E-state index is -0.474. The number of carbonyl (C=O) groups excluding carboxylic acids is 1. The Hall–Kier alpha value is -3.12. The monoisotopic (exact) mass is 412 g/mol. The lowest BCUT2D eigenvalue weighted by atomic mass is 10.0. The summed E-state index contributed by atoms with van der Waals surface area (Å²) in [5, 5.41) is 6.02. The summed E-state index contributed by atoms with van der Waals surface area (Å²) in [7, 11) is 0. The van der Waals surface area contributed by atoms with Crippen LogP contribution in [0, 0.1) is 12.7 Å². The minimum absolute atomic E-state index is 0.102. The molecule has 1 aromatic heterocycles. The fourth-order valence-electron chi connectivity index (χ4n) is 3.16. The first kappa shape index (κ1) is 19.2. The van der Waals surface area contributed by atoms with E-state index in [1.165, 1.54) is 17.1 Å². The highest BCUT2D eigenvalue weighted by atomic mass is 35.5.